The van der Waals surface area contributed by atoms with E-state index in [0.29, 0.717) is 32.1 Å². The third kappa shape index (κ3) is 58.3. The molecule has 0 fully saturated rings. The Balaban J connectivity index is 1.98. The lowest BCUT2D eigenvalue weighted by Gasteiger charge is -2.16. The summed E-state index contributed by atoms with van der Waals surface area (Å²) in [7, 11) is 0. The molecule has 117 heavy (non-hydrogen) atoms. The van der Waals surface area contributed by atoms with E-state index < -0.39 is 41.0 Å². The first-order chi connectivity index (χ1) is 57.5. The molecule has 0 aliphatic carbocycles. The molecule has 3 rings (SSSR count). The number of hydrogen-bond acceptors (Lipinski definition) is 12. The number of ether oxygens (including phenoxy) is 5. The molecule has 662 valence electrons. The van der Waals surface area contributed by atoms with Crippen LogP contribution in [0.5, 0.6) is 28.7 Å². The summed E-state index contributed by atoms with van der Waals surface area (Å²) in [6, 6.07) is 7.36. The minimum atomic E-state index is -0.794. The van der Waals surface area contributed by atoms with E-state index in [4.69, 9.17) is 28.1 Å². The predicted octanol–water partition coefficient (Wildman–Crippen LogP) is 33.2. The van der Waals surface area contributed by atoms with Crippen LogP contribution in [0.1, 0.15) is 484 Å². The topological polar surface area (TPSA) is 162 Å². The van der Waals surface area contributed by atoms with Gasteiger partial charge in [0.1, 0.15) is 22.5 Å². The van der Waals surface area contributed by atoms with Gasteiger partial charge in [-0.05, 0) is 179 Å². The van der Waals surface area contributed by atoms with Gasteiger partial charge in [-0.25, -0.2) is 0 Å². The van der Waals surface area contributed by atoms with E-state index >= 15 is 4.79 Å². The molecule has 12 heteroatoms. The maximum Gasteiger partial charge on any atom is 0.311 e. The second kappa shape index (κ2) is 77.1. The fourth-order valence-electron chi connectivity index (χ4n) is 15.0. The molecule has 3 aromatic rings. The lowest BCUT2D eigenvalue weighted by molar-refractivity contribution is -0.137. The van der Waals surface area contributed by atoms with Gasteiger partial charge in [0, 0.05) is 49.8 Å². The highest BCUT2D eigenvalue weighted by molar-refractivity contribution is 5.92. The molecule has 0 aliphatic rings. The number of benzene rings is 2. The number of fused-ring (bicyclic) bond motifs is 1. The maximum absolute atomic E-state index is 15.5. The van der Waals surface area contributed by atoms with Crippen molar-refractivity contribution in [2.24, 2.45) is 0 Å². The number of unbranched alkanes of at least 4 members (excludes halogenated alkanes) is 55. The molecule has 12 nitrogen and oxygen atoms in total. The molecule has 0 spiro atoms. The van der Waals surface area contributed by atoms with Crippen molar-refractivity contribution in [1.29, 1.82) is 0 Å². The van der Waals surface area contributed by atoms with Crippen molar-refractivity contribution in [2.75, 3.05) is 0 Å². The molecule has 0 atom stereocenters. The molecule has 0 saturated carbocycles. The molecule has 0 radical (unpaired) electrons. The lowest BCUT2D eigenvalue weighted by Crippen LogP contribution is -2.18. The number of rotatable bonds is 81. The van der Waals surface area contributed by atoms with E-state index in [0.717, 1.165) is 193 Å². The summed E-state index contributed by atoms with van der Waals surface area (Å²) >= 11 is 0. The number of carbonyl (C=O) groups excluding carboxylic acids is 5. The van der Waals surface area contributed by atoms with Gasteiger partial charge >= 0.3 is 29.8 Å². The van der Waals surface area contributed by atoms with Crippen LogP contribution in [-0.2, 0) is 24.0 Å². The van der Waals surface area contributed by atoms with Gasteiger partial charge in [-0.1, -0.05) is 352 Å². The number of esters is 5. The third-order valence-corrected chi connectivity index (χ3v) is 22.4. The second-order valence-corrected chi connectivity index (χ2v) is 33.6. The van der Waals surface area contributed by atoms with Gasteiger partial charge in [-0.3, -0.25) is 28.8 Å². The van der Waals surface area contributed by atoms with Crippen LogP contribution in [0.25, 0.3) is 22.3 Å². The molecule has 0 saturated heterocycles. The van der Waals surface area contributed by atoms with Crippen molar-refractivity contribution >= 4 is 40.8 Å². The summed E-state index contributed by atoms with van der Waals surface area (Å²) in [6.45, 7) is 11.3. The maximum atomic E-state index is 15.5. The Morgan fingerprint density at radius 3 is 0.786 bits per heavy atom. The number of carbonyl (C=O) groups is 5. The van der Waals surface area contributed by atoms with Gasteiger partial charge in [0.2, 0.25) is 11.2 Å². The molecule has 0 unspecified atom stereocenters. The van der Waals surface area contributed by atoms with Crippen LogP contribution in [0, 0.1) is 0 Å². The zero-order valence-electron chi connectivity index (χ0n) is 75.6. The van der Waals surface area contributed by atoms with Gasteiger partial charge in [-0.2, -0.15) is 0 Å². The van der Waals surface area contributed by atoms with E-state index in [-0.39, 0.29) is 77.4 Å². The average Bonchev–Trinajstić information content (AvgIpc) is 0.753. The van der Waals surface area contributed by atoms with Crippen molar-refractivity contribution in [2.45, 2.75) is 484 Å². The van der Waals surface area contributed by atoms with E-state index in [1.54, 1.807) is 6.07 Å². The van der Waals surface area contributed by atoms with Crippen LogP contribution in [-0.4, -0.2) is 29.8 Å². The van der Waals surface area contributed by atoms with Crippen molar-refractivity contribution < 1.29 is 52.1 Å². The smallest absolute Gasteiger partial charge is 0.311 e. The van der Waals surface area contributed by atoms with Gasteiger partial charge in [0.15, 0.2) is 17.3 Å². The monoisotopic (exact) mass is 1620 g/mol. The Morgan fingerprint density at radius 2 is 0.496 bits per heavy atom. The third-order valence-electron chi connectivity index (χ3n) is 22.4. The first kappa shape index (κ1) is 105. The Hall–Kier alpha value is -6.30. The summed E-state index contributed by atoms with van der Waals surface area (Å²) in [5.41, 5.74) is -0.717. The summed E-state index contributed by atoms with van der Waals surface area (Å²) in [5, 5.41) is -0.176. The summed E-state index contributed by atoms with van der Waals surface area (Å²) < 4.78 is 37.3. The van der Waals surface area contributed by atoms with Gasteiger partial charge < -0.3 is 28.1 Å². The zero-order chi connectivity index (χ0) is 84.0. The Bertz CT molecular complexity index is 3180. The van der Waals surface area contributed by atoms with Crippen LogP contribution in [0.2, 0.25) is 0 Å². The number of allylic oxidation sites excluding steroid dienone is 10. The second-order valence-electron chi connectivity index (χ2n) is 33.6. The van der Waals surface area contributed by atoms with E-state index in [9.17, 15) is 24.0 Å². The highest BCUT2D eigenvalue weighted by atomic mass is 16.6. The molecule has 0 N–H and O–H groups in total. The number of hydrogen-bond donors (Lipinski definition) is 0. The molecular formula is C105H170O12. The minimum Gasteiger partial charge on any atom is -0.452 e. The van der Waals surface area contributed by atoms with Gasteiger partial charge in [0.05, 0.1) is 0 Å². The first-order valence-corrected chi connectivity index (χ1v) is 49.1. The lowest BCUT2D eigenvalue weighted by atomic mass is 10.1. The predicted molar refractivity (Wildman–Crippen MR) is 493 cm³/mol. The highest BCUT2D eigenvalue weighted by Crippen LogP contribution is 2.41. The highest BCUT2D eigenvalue weighted by Gasteiger charge is 2.27. The normalized spacial score (nSPS) is 11.8. The fourth-order valence-corrected chi connectivity index (χ4v) is 15.0. The standard InChI is InChI=1S/C105H170O12/c1-6-11-16-21-26-31-36-41-46-51-56-61-66-71-76-81-97(106)112-92-89-95(115-100(109)84-79-74-69-64-59-54-49-44-39-34-29-24-19-14-9-4)102-96(90-92)116-104(105(103(102)111)117-101(110)85-80-75-70-65-60-55-50-45-40-35-30-25-20-15-10-5)91-86-87-93(113-98(107)82-77-72-67-62-57-52-47-42-37-32-27-22-17-12-7-2)94(88-91)114-99(108)83-78-73-68-63-58-53-48-43-38-33-28-23-18-13-8-3/h41-50,86-90H,6-40,51-85H2,1-5H3/b46-41-,47-42-,48-43-,49-44-,50-45-. The van der Waals surface area contributed by atoms with E-state index in [2.05, 4.69) is 95.4 Å². The van der Waals surface area contributed by atoms with Crippen LogP contribution >= 0.6 is 0 Å². The quantitative estimate of drug-likeness (QED) is 0.0228. The largest absolute Gasteiger partial charge is 0.452 e. The van der Waals surface area contributed by atoms with Crippen molar-refractivity contribution in [1.82, 2.24) is 0 Å². The van der Waals surface area contributed by atoms with E-state index in [1.165, 1.54) is 217 Å². The van der Waals surface area contributed by atoms with Crippen LogP contribution in [0.4, 0.5) is 0 Å². The Kier molecular flexibility index (Phi) is 69.1. The fraction of sp³-hybridized carbons (Fsp3) is 0.714. The van der Waals surface area contributed by atoms with Crippen LogP contribution < -0.4 is 29.1 Å². The Morgan fingerprint density at radius 1 is 0.256 bits per heavy atom. The molecule has 0 amide bonds. The van der Waals surface area contributed by atoms with Crippen molar-refractivity contribution in [3.63, 3.8) is 0 Å². The summed E-state index contributed by atoms with van der Waals surface area (Å²) in [6.07, 6.45) is 96.1. The van der Waals surface area contributed by atoms with Crippen molar-refractivity contribution in [3.05, 3.63) is 101 Å². The SMILES string of the molecule is CCCCCCCC/C=C\CCCCCCCC(=O)Oc1cc(OC(=O)CCCCCCC/C=C\CCCCCCCC)c2c(=O)c(OC(=O)CCCCCCC/C=C\CCCCCCCC)c(-c3ccc(OC(=O)CCCCCCC/C=C\CCCCCCCC)c(OC(=O)CCCCCCC/C=C\CCCCCCCC)c3)oc2c1. The summed E-state index contributed by atoms with van der Waals surface area (Å²) in [5.74, 6) is -3.60. The van der Waals surface area contributed by atoms with Crippen LogP contribution in [0.15, 0.2) is 100 Å². The zero-order valence-corrected chi connectivity index (χ0v) is 75.6. The molecule has 0 aliphatic heterocycles. The first-order valence-electron chi connectivity index (χ1n) is 49.1. The Labute approximate surface area is 714 Å². The molecule has 0 bridgehead atoms. The molecule has 1 aromatic heterocycles. The summed E-state index contributed by atoms with van der Waals surface area (Å²) in [4.78, 5) is 85.5. The van der Waals surface area contributed by atoms with E-state index in [1.807, 2.05) is 0 Å². The molecular weight excluding hydrogens is 1450 g/mol. The molecule has 2 aromatic carbocycles. The molecule has 1 heterocycles. The van der Waals surface area contributed by atoms with Crippen molar-refractivity contribution in [3.8, 4) is 40.1 Å². The van der Waals surface area contributed by atoms with Gasteiger partial charge in [0.25, 0.3) is 0 Å². The van der Waals surface area contributed by atoms with Crippen LogP contribution in [0.3, 0.4) is 0 Å². The minimum absolute atomic E-state index is 0.00543. The van der Waals surface area contributed by atoms with Gasteiger partial charge in [-0.15, -0.1) is 0 Å². The average molecular weight is 1620 g/mol.